The van der Waals surface area contributed by atoms with E-state index >= 15 is 0 Å². The fraction of sp³-hybridized carbons (Fsp3) is 0.533. The highest BCUT2D eigenvalue weighted by atomic mass is 16.3. The molecule has 1 N–H and O–H groups in total. The number of carbonyl (C=O) groups is 1. The van der Waals surface area contributed by atoms with Crippen LogP contribution < -0.4 is 0 Å². The van der Waals surface area contributed by atoms with Gasteiger partial charge in [0.2, 0.25) is 5.82 Å². The summed E-state index contributed by atoms with van der Waals surface area (Å²) in [6.07, 6.45) is 3.68. The zero-order valence-electron chi connectivity index (χ0n) is 12.6. The van der Waals surface area contributed by atoms with Crippen LogP contribution in [0.1, 0.15) is 55.8 Å². The highest BCUT2D eigenvalue weighted by molar-refractivity contribution is 5.90. The summed E-state index contributed by atoms with van der Waals surface area (Å²) in [4.78, 5) is 18.8. The molecule has 2 aromatic heterocycles. The third-order valence-electron chi connectivity index (χ3n) is 3.54. The van der Waals surface area contributed by atoms with Crippen LogP contribution in [0.4, 0.5) is 0 Å². The number of aromatic nitrogens is 3. The van der Waals surface area contributed by atoms with Crippen LogP contribution in [0.25, 0.3) is 0 Å². The molecule has 2 heterocycles. The molecule has 0 aromatic carbocycles. The molecule has 0 aliphatic heterocycles. The lowest BCUT2D eigenvalue weighted by Crippen LogP contribution is -2.33. The van der Waals surface area contributed by atoms with E-state index in [2.05, 4.69) is 15.2 Å². The molecule has 0 unspecified atom stereocenters. The summed E-state index contributed by atoms with van der Waals surface area (Å²) in [5.41, 5.74) is -0.156. The number of hydrogen-bond acceptors (Lipinski definition) is 4. The van der Waals surface area contributed by atoms with Crippen LogP contribution in [-0.4, -0.2) is 32.0 Å². The van der Waals surface area contributed by atoms with Crippen LogP contribution in [0.5, 0.6) is 0 Å². The molecule has 6 nitrogen and oxygen atoms in total. The second-order valence-corrected chi connectivity index (χ2v) is 6.50. The third kappa shape index (κ3) is 2.99. The van der Waals surface area contributed by atoms with Gasteiger partial charge in [-0.15, -0.1) is 5.10 Å². The van der Waals surface area contributed by atoms with Gasteiger partial charge in [0.1, 0.15) is 11.6 Å². The van der Waals surface area contributed by atoms with Crippen molar-refractivity contribution < 1.29 is 9.21 Å². The Bertz CT molecular complexity index is 620. The SMILES string of the molecule is CC(C)(C)c1nc(C(=O)N(Cc2ccco2)C2CC2)n[nH]1. The van der Waals surface area contributed by atoms with Crippen molar-refractivity contribution in [3.63, 3.8) is 0 Å². The maximum Gasteiger partial charge on any atom is 0.294 e. The molecule has 6 heteroatoms. The maximum atomic E-state index is 12.6. The van der Waals surface area contributed by atoms with Gasteiger partial charge in [0, 0.05) is 11.5 Å². The van der Waals surface area contributed by atoms with E-state index in [0.717, 1.165) is 24.4 Å². The Hall–Kier alpha value is -2.11. The molecule has 0 saturated heterocycles. The van der Waals surface area contributed by atoms with Crippen molar-refractivity contribution in [3.8, 4) is 0 Å². The molecule has 3 rings (SSSR count). The summed E-state index contributed by atoms with van der Waals surface area (Å²) >= 11 is 0. The molecule has 1 saturated carbocycles. The monoisotopic (exact) mass is 288 g/mol. The molecule has 1 aliphatic rings. The number of nitrogens with one attached hydrogen (secondary N) is 1. The molecular weight excluding hydrogens is 268 g/mol. The van der Waals surface area contributed by atoms with Crippen molar-refractivity contribution in [3.05, 3.63) is 35.8 Å². The van der Waals surface area contributed by atoms with E-state index in [4.69, 9.17) is 4.42 Å². The van der Waals surface area contributed by atoms with Crippen LogP contribution in [0, 0.1) is 0 Å². The predicted octanol–water partition coefficient (Wildman–Crippen LogP) is 2.50. The van der Waals surface area contributed by atoms with Crippen LogP contribution in [0.15, 0.2) is 22.8 Å². The Morgan fingerprint density at radius 2 is 2.24 bits per heavy atom. The van der Waals surface area contributed by atoms with E-state index in [1.54, 1.807) is 11.2 Å². The summed E-state index contributed by atoms with van der Waals surface area (Å²) in [7, 11) is 0. The summed E-state index contributed by atoms with van der Waals surface area (Å²) in [6.45, 7) is 6.56. The number of aromatic amines is 1. The minimum atomic E-state index is -0.156. The Balaban J connectivity index is 1.79. The predicted molar refractivity (Wildman–Crippen MR) is 76.7 cm³/mol. The molecule has 21 heavy (non-hydrogen) atoms. The normalized spacial score (nSPS) is 15.2. The minimum Gasteiger partial charge on any atom is -0.467 e. The third-order valence-corrected chi connectivity index (χ3v) is 3.54. The average molecular weight is 288 g/mol. The van der Waals surface area contributed by atoms with Gasteiger partial charge in [-0.2, -0.15) is 0 Å². The Labute approximate surface area is 123 Å². The van der Waals surface area contributed by atoms with Gasteiger partial charge in [0.05, 0.1) is 12.8 Å². The van der Waals surface area contributed by atoms with Crippen molar-refractivity contribution in [2.24, 2.45) is 0 Å². The average Bonchev–Trinajstić information content (AvgIpc) is 2.94. The molecule has 1 aliphatic carbocycles. The molecule has 0 radical (unpaired) electrons. The summed E-state index contributed by atoms with van der Waals surface area (Å²) in [5, 5.41) is 6.95. The van der Waals surface area contributed by atoms with Crippen LogP contribution in [0.2, 0.25) is 0 Å². The Morgan fingerprint density at radius 3 is 2.76 bits per heavy atom. The second-order valence-electron chi connectivity index (χ2n) is 6.50. The van der Waals surface area contributed by atoms with Gasteiger partial charge in [-0.1, -0.05) is 20.8 Å². The zero-order chi connectivity index (χ0) is 15.0. The number of carbonyl (C=O) groups excluding carboxylic acids is 1. The quantitative estimate of drug-likeness (QED) is 0.938. The van der Waals surface area contributed by atoms with Crippen molar-refractivity contribution >= 4 is 5.91 Å². The topological polar surface area (TPSA) is 75.0 Å². The standard InChI is InChI=1S/C15H20N4O2/c1-15(2,3)14-16-12(17-18-14)13(20)19(10-6-7-10)9-11-5-4-8-21-11/h4-5,8,10H,6-7,9H2,1-3H3,(H,16,17,18). The van der Waals surface area contributed by atoms with Crippen molar-refractivity contribution in [2.45, 2.75) is 51.6 Å². The molecule has 0 atom stereocenters. The lowest BCUT2D eigenvalue weighted by molar-refractivity contribution is 0.0705. The fourth-order valence-corrected chi connectivity index (χ4v) is 2.14. The molecular formula is C15H20N4O2. The largest absolute Gasteiger partial charge is 0.467 e. The highest BCUT2D eigenvalue weighted by Crippen LogP contribution is 2.29. The van der Waals surface area contributed by atoms with Crippen LogP contribution in [-0.2, 0) is 12.0 Å². The smallest absolute Gasteiger partial charge is 0.294 e. The number of H-pyrrole nitrogens is 1. The van der Waals surface area contributed by atoms with E-state index in [-0.39, 0.29) is 23.2 Å². The van der Waals surface area contributed by atoms with E-state index in [0.29, 0.717) is 6.54 Å². The van der Waals surface area contributed by atoms with E-state index < -0.39 is 0 Å². The Morgan fingerprint density at radius 1 is 1.48 bits per heavy atom. The van der Waals surface area contributed by atoms with Crippen molar-refractivity contribution in [1.82, 2.24) is 20.1 Å². The zero-order valence-corrected chi connectivity index (χ0v) is 12.6. The van der Waals surface area contributed by atoms with Gasteiger partial charge < -0.3 is 9.32 Å². The van der Waals surface area contributed by atoms with Gasteiger partial charge in [0.25, 0.3) is 5.91 Å². The summed E-state index contributed by atoms with van der Waals surface area (Å²) < 4.78 is 5.34. The van der Waals surface area contributed by atoms with E-state index in [9.17, 15) is 4.79 Å². The summed E-state index contributed by atoms with van der Waals surface area (Å²) in [5.74, 6) is 1.60. The van der Waals surface area contributed by atoms with Crippen LogP contribution in [0.3, 0.4) is 0 Å². The molecule has 0 bridgehead atoms. The number of hydrogen-bond donors (Lipinski definition) is 1. The first-order chi connectivity index (χ1) is 9.95. The lowest BCUT2D eigenvalue weighted by atomic mass is 9.96. The number of amides is 1. The van der Waals surface area contributed by atoms with E-state index in [1.807, 2.05) is 32.9 Å². The first kappa shape index (κ1) is 13.9. The lowest BCUT2D eigenvalue weighted by Gasteiger charge is -2.19. The molecule has 112 valence electrons. The maximum absolute atomic E-state index is 12.6. The van der Waals surface area contributed by atoms with Gasteiger partial charge in [-0.3, -0.25) is 9.89 Å². The Kier molecular flexibility index (Phi) is 3.31. The van der Waals surface area contributed by atoms with E-state index in [1.165, 1.54) is 0 Å². The number of furan rings is 1. The fourth-order valence-electron chi connectivity index (χ4n) is 2.14. The first-order valence-corrected chi connectivity index (χ1v) is 7.21. The molecule has 1 fully saturated rings. The first-order valence-electron chi connectivity index (χ1n) is 7.21. The highest BCUT2D eigenvalue weighted by Gasteiger charge is 2.35. The number of nitrogens with zero attached hydrogens (tertiary/aromatic N) is 3. The van der Waals surface area contributed by atoms with Crippen LogP contribution >= 0.6 is 0 Å². The number of rotatable bonds is 4. The van der Waals surface area contributed by atoms with Gasteiger partial charge >= 0.3 is 0 Å². The van der Waals surface area contributed by atoms with Crippen molar-refractivity contribution in [2.75, 3.05) is 0 Å². The van der Waals surface area contributed by atoms with Gasteiger partial charge in [0.15, 0.2) is 0 Å². The molecule has 1 amide bonds. The van der Waals surface area contributed by atoms with Gasteiger partial charge in [-0.25, -0.2) is 4.98 Å². The van der Waals surface area contributed by atoms with Crippen molar-refractivity contribution in [1.29, 1.82) is 0 Å². The minimum absolute atomic E-state index is 0.138. The van der Waals surface area contributed by atoms with Gasteiger partial charge in [-0.05, 0) is 25.0 Å². The molecule has 0 spiro atoms. The summed E-state index contributed by atoms with van der Waals surface area (Å²) in [6, 6.07) is 3.98. The second kappa shape index (κ2) is 5.02. The molecule has 2 aromatic rings.